The fourth-order valence-corrected chi connectivity index (χ4v) is 1.38. The van der Waals surface area contributed by atoms with E-state index in [1.165, 1.54) is 0 Å². The fraction of sp³-hybridized carbons (Fsp3) is 0.111. The Labute approximate surface area is 79.3 Å². The number of esters is 2. The summed E-state index contributed by atoms with van der Waals surface area (Å²) in [4.78, 5) is 22.1. The van der Waals surface area contributed by atoms with Gasteiger partial charge in [0.05, 0.1) is 11.1 Å². The van der Waals surface area contributed by atoms with E-state index >= 15 is 0 Å². The number of fused-ring (bicyclic) bond motifs is 1. The van der Waals surface area contributed by atoms with Crippen molar-refractivity contribution in [3.63, 3.8) is 0 Å². The number of benzene rings is 1. The fourth-order valence-electron chi connectivity index (χ4n) is 1.22. The quantitative estimate of drug-likeness (QED) is 0.390. The number of cyclic esters (lactones) is 2. The van der Waals surface area contributed by atoms with E-state index in [4.69, 9.17) is 11.6 Å². The Bertz CT molecular complexity index is 398. The van der Waals surface area contributed by atoms with E-state index < -0.39 is 11.9 Å². The van der Waals surface area contributed by atoms with Gasteiger partial charge in [-0.25, -0.2) is 9.59 Å². The average molecular weight is 197 g/mol. The van der Waals surface area contributed by atoms with E-state index in [0.29, 0.717) is 17.0 Å². The van der Waals surface area contributed by atoms with Crippen LogP contribution < -0.4 is 0 Å². The first-order valence-corrected chi connectivity index (χ1v) is 4.21. The van der Waals surface area contributed by atoms with Crippen LogP contribution in [0.5, 0.6) is 0 Å². The lowest BCUT2D eigenvalue weighted by Crippen LogP contribution is -1.96. The minimum atomic E-state index is -0.591. The number of rotatable bonds is 1. The normalized spacial score (nSPS) is 14.2. The number of carbonyl (C=O) groups excluding carboxylic acids is 2. The summed E-state index contributed by atoms with van der Waals surface area (Å²) in [5.74, 6) is -0.859. The van der Waals surface area contributed by atoms with Crippen molar-refractivity contribution in [3.05, 3.63) is 34.9 Å². The molecule has 0 radical (unpaired) electrons. The van der Waals surface area contributed by atoms with Gasteiger partial charge in [0, 0.05) is 5.88 Å². The van der Waals surface area contributed by atoms with E-state index in [2.05, 4.69) is 4.74 Å². The van der Waals surface area contributed by atoms with Crippen LogP contribution >= 0.6 is 11.6 Å². The van der Waals surface area contributed by atoms with Gasteiger partial charge in [-0.2, -0.15) is 0 Å². The molecule has 1 aromatic carbocycles. The molecule has 0 spiro atoms. The summed E-state index contributed by atoms with van der Waals surface area (Å²) < 4.78 is 4.41. The molecule has 2 rings (SSSR count). The molecule has 0 bridgehead atoms. The number of hydrogen-bond acceptors (Lipinski definition) is 3. The maximum absolute atomic E-state index is 11.1. The van der Waals surface area contributed by atoms with Gasteiger partial charge in [-0.1, -0.05) is 6.07 Å². The molecule has 0 unspecified atom stereocenters. The number of carbonyl (C=O) groups is 2. The molecule has 0 N–H and O–H groups in total. The van der Waals surface area contributed by atoms with E-state index in [9.17, 15) is 9.59 Å². The van der Waals surface area contributed by atoms with Crippen molar-refractivity contribution in [2.45, 2.75) is 5.88 Å². The first-order valence-electron chi connectivity index (χ1n) is 3.68. The predicted molar refractivity (Wildman–Crippen MR) is 45.7 cm³/mol. The van der Waals surface area contributed by atoms with Crippen molar-refractivity contribution in [3.8, 4) is 0 Å². The summed E-state index contributed by atoms with van der Waals surface area (Å²) in [7, 11) is 0. The zero-order valence-corrected chi connectivity index (χ0v) is 7.30. The van der Waals surface area contributed by atoms with E-state index in [-0.39, 0.29) is 0 Å². The third-order valence-electron chi connectivity index (χ3n) is 1.86. The third-order valence-corrected chi connectivity index (χ3v) is 2.17. The molecule has 0 atom stereocenters. The number of alkyl halides is 1. The molecular weight excluding hydrogens is 192 g/mol. The maximum atomic E-state index is 11.1. The van der Waals surface area contributed by atoms with Crippen LogP contribution in [0, 0.1) is 0 Å². The SMILES string of the molecule is O=C1OC(=O)c2cc(CCl)ccc21. The van der Waals surface area contributed by atoms with Crippen LogP contribution in [-0.2, 0) is 10.6 Å². The Morgan fingerprint density at radius 3 is 2.54 bits per heavy atom. The van der Waals surface area contributed by atoms with Crippen molar-refractivity contribution in [2.24, 2.45) is 0 Å². The van der Waals surface area contributed by atoms with Crippen molar-refractivity contribution >= 4 is 23.5 Å². The monoisotopic (exact) mass is 196 g/mol. The van der Waals surface area contributed by atoms with Gasteiger partial charge < -0.3 is 4.74 Å². The molecule has 0 amide bonds. The number of ether oxygens (including phenoxy) is 1. The van der Waals surface area contributed by atoms with Crippen LogP contribution in [0.4, 0.5) is 0 Å². The van der Waals surface area contributed by atoms with Gasteiger partial charge in [0.1, 0.15) is 0 Å². The Hall–Kier alpha value is -1.35. The highest BCUT2D eigenvalue weighted by Crippen LogP contribution is 2.21. The minimum absolute atomic E-state index is 0.308. The van der Waals surface area contributed by atoms with Gasteiger partial charge in [-0.3, -0.25) is 0 Å². The second-order valence-corrected chi connectivity index (χ2v) is 2.96. The highest BCUT2D eigenvalue weighted by atomic mass is 35.5. The van der Waals surface area contributed by atoms with Crippen molar-refractivity contribution in [1.29, 1.82) is 0 Å². The van der Waals surface area contributed by atoms with Crippen LogP contribution in [0.3, 0.4) is 0 Å². The average Bonchev–Trinajstić information content (AvgIpc) is 2.42. The summed E-state index contributed by atoms with van der Waals surface area (Å²) in [6.45, 7) is 0. The molecule has 4 heteroatoms. The van der Waals surface area contributed by atoms with Crippen molar-refractivity contribution in [2.75, 3.05) is 0 Å². The van der Waals surface area contributed by atoms with Crippen LogP contribution in [0.25, 0.3) is 0 Å². The maximum Gasteiger partial charge on any atom is 0.346 e. The van der Waals surface area contributed by atoms with Crippen molar-refractivity contribution < 1.29 is 14.3 Å². The summed E-state index contributed by atoms with van der Waals surface area (Å²) in [5.41, 5.74) is 1.43. The molecular formula is C9H5ClO3. The second-order valence-electron chi connectivity index (χ2n) is 2.69. The van der Waals surface area contributed by atoms with Crippen molar-refractivity contribution in [1.82, 2.24) is 0 Å². The zero-order chi connectivity index (χ0) is 9.42. The summed E-state index contributed by atoms with van der Waals surface area (Å²) in [6, 6.07) is 4.83. The van der Waals surface area contributed by atoms with E-state index in [1.54, 1.807) is 18.2 Å². The van der Waals surface area contributed by atoms with E-state index in [1.807, 2.05) is 0 Å². The lowest BCUT2D eigenvalue weighted by Gasteiger charge is -1.95. The van der Waals surface area contributed by atoms with Gasteiger partial charge in [-0.05, 0) is 17.7 Å². The number of halogens is 1. The molecule has 0 aliphatic carbocycles. The van der Waals surface area contributed by atoms with Gasteiger partial charge in [0.2, 0.25) is 0 Å². The highest BCUT2D eigenvalue weighted by molar-refractivity contribution is 6.18. The molecule has 1 aromatic rings. The summed E-state index contributed by atoms with van der Waals surface area (Å²) >= 11 is 5.58. The zero-order valence-electron chi connectivity index (χ0n) is 6.54. The van der Waals surface area contributed by atoms with Gasteiger partial charge >= 0.3 is 11.9 Å². The molecule has 3 nitrogen and oxygen atoms in total. The predicted octanol–water partition coefficient (Wildman–Crippen LogP) is 1.74. The molecule has 0 saturated carbocycles. The van der Waals surface area contributed by atoms with Crippen LogP contribution in [-0.4, -0.2) is 11.9 Å². The largest absolute Gasteiger partial charge is 0.386 e. The molecule has 1 heterocycles. The summed E-state index contributed by atoms with van der Waals surface area (Å²) in [6.07, 6.45) is 0. The Morgan fingerprint density at radius 1 is 1.15 bits per heavy atom. The standard InChI is InChI=1S/C9H5ClO3/c10-4-5-1-2-6-7(3-5)9(12)13-8(6)11/h1-3H,4H2. The molecule has 13 heavy (non-hydrogen) atoms. The lowest BCUT2D eigenvalue weighted by atomic mass is 10.1. The molecule has 0 saturated heterocycles. The lowest BCUT2D eigenvalue weighted by molar-refractivity contribution is 0.0444. The summed E-state index contributed by atoms with van der Waals surface area (Å²) in [5, 5.41) is 0. The molecule has 1 aliphatic rings. The van der Waals surface area contributed by atoms with Gasteiger partial charge in [0.15, 0.2) is 0 Å². The van der Waals surface area contributed by atoms with Crippen LogP contribution in [0.1, 0.15) is 26.3 Å². The van der Waals surface area contributed by atoms with E-state index in [0.717, 1.165) is 5.56 Å². The van der Waals surface area contributed by atoms with Crippen LogP contribution in [0.2, 0.25) is 0 Å². The second kappa shape index (κ2) is 2.85. The third kappa shape index (κ3) is 1.21. The number of hydrogen-bond donors (Lipinski definition) is 0. The molecule has 0 aromatic heterocycles. The first-order chi connectivity index (χ1) is 6.22. The van der Waals surface area contributed by atoms with Gasteiger partial charge in [-0.15, -0.1) is 11.6 Å². The first kappa shape index (κ1) is 8.26. The van der Waals surface area contributed by atoms with Gasteiger partial charge in [0.25, 0.3) is 0 Å². The Balaban J connectivity index is 2.58. The molecule has 1 aliphatic heterocycles. The minimum Gasteiger partial charge on any atom is -0.386 e. The molecule has 0 fully saturated rings. The smallest absolute Gasteiger partial charge is 0.346 e. The Kier molecular flexibility index (Phi) is 1.81. The van der Waals surface area contributed by atoms with Crippen LogP contribution in [0.15, 0.2) is 18.2 Å². The molecule has 66 valence electrons. The Morgan fingerprint density at radius 2 is 1.85 bits per heavy atom. The highest BCUT2D eigenvalue weighted by Gasteiger charge is 2.29. The topological polar surface area (TPSA) is 43.4 Å².